The van der Waals surface area contributed by atoms with Crippen LogP contribution in [0.2, 0.25) is 0 Å². The first kappa shape index (κ1) is 14.5. The molecule has 3 N–H and O–H groups in total. The van der Waals surface area contributed by atoms with Crippen molar-refractivity contribution in [3.8, 4) is 5.88 Å². The highest BCUT2D eigenvalue weighted by Crippen LogP contribution is 2.31. The number of rotatable bonds is 3. The molecule has 0 aromatic carbocycles. The van der Waals surface area contributed by atoms with E-state index in [1.165, 1.54) is 5.57 Å². The molecule has 106 valence electrons. The van der Waals surface area contributed by atoms with Crippen LogP contribution >= 0.6 is 12.2 Å². The van der Waals surface area contributed by atoms with Crippen LogP contribution in [-0.2, 0) is 0 Å². The summed E-state index contributed by atoms with van der Waals surface area (Å²) in [5.74, 6) is -0.237. The van der Waals surface area contributed by atoms with Gasteiger partial charge in [0, 0.05) is 5.71 Å². The van der Waals surface area contributed by atoms with Crippen molar-refractivity contribution in [3.05, 3.63) is 37.5 Å². The molecule has 0 fully saturated rings. The topological polar surface area (TPSA) is 81.2 Å². The van der Waals surface area contributed by atoms with Crippen molar-refractivity contribution >= 4 is 24.0 Å². The molecule has 1 aromatic rings. The fourth-order valence-electron chi connectivity index (χ4n) is 2.43. The van der Waals surface area contributed by atoms with Crippen LogP contribution in [0.25, 0.3) is 6.08 Å². The Hall–Kier alpha value is -1.95. The van der Waals surface area contributed by atoms with Crippen LogP contribution in [0.1, 0.15) is 39.2 Å². The third kappa shape index (κ3) is 2.51. The van der Waals surface area contributed by atoms with E-state index in [1.807, 2.05) is 6.92 Å². The third-order valence-corrected chi connectivity index (χ3v) is 3.55. The van der Waals surface area contributed by atoms with E-state index in [-0.39, 0.29) is 16.2 Å². The minimum absolute atomic E-state index is 0.0984. The van der Waals surface area contributed by atoms with Gasteiger partial charge in [-0.3, -0.25) is 14.8 Å². The second kappa shape index (κ2) is 5.58. The van der Waals surface area contributed by atoms with Crippen molar-refractivity contribution < 1.29 is 5.11 Å². The summed E-state index contributed by atoms with van der Waals surface area (Å²) in [6.45, 7) is 6.09. The predicted molar refractivity (Wildman–Crippen MR) is 82.6 cm³/mol. The zero-order chi connectivity index (χ0) is 14.9. The van der Waals surface area contributed by atoms with Gasteiger partial charge in [0.1, 0.15) is 5.56 Å². The average molecular weight is 291 g/mol. The lowest BCUT2D eigenvalue weighted by Gasteiger charge is -2.04. The molecule has 0 bridgehead atoms. The van der Waals surface area contributed by atoms with Crippen molar-refractivity contribution in [1.29, 1.82) is 0 Å². The maximum absolute atomic E-state index is 11.9. The summed E-state index contributed by atoms with van der Waals surface area (Å²) in [6, 6.07) is 0. The minimum Gasteiger partial charge on any atom is -0.494 e. The average Bonchev–Trinajstić information content (AvgIpc) is 2.68. The van der Waals surface area contributed by atoms with Crippen molar-refractivity contribution in [2.24, 2.45) is 4.99 Å². The van der Waals surface area contributed by atoms with Crippen molar-refractivity contribution in [2.75, 3.05) is 0 Å². The molecule has 0 spiro atoms. The van der Waals surface area contributed by atoms with E-state index in [9.17, 15) is 9.90 Å². The number of nitrogens with zero attached hydrogens (tertiary/aromatic N) is 1. The van der Waals surface area contributed by atoms with Gasteiger partial charge in [0.15, 0.2) is 4.77 Å². The molecule has 0 radical (unpaired) electrons. The van der Waals surface area contributed by atoms with Crippen LogP contribution in [0.5, 0.6) is 5.88 Å². The standard InChI is InChI=1S/C14H17N3O2S/c1-4-8-7(3)15-11(9(8)5-2)6-10-12(18)16-14(20)17-13(10)19/h6H,4-5H2,1-3H3,(H3,16,17,18,19,20)/b11-6-. The SMILES string of the molecule is CCC1=C(CC)/C(=C/c2c(O)[nH]c(=S)[nH]c2=O)N=C1C. The largest absolute Gasteiger partial charge is 0.494 e. The molecule has 5 nitrogen and oxygen atoms in total. The summed E-state index contributed by atoms with van der Waals surface area (Å²) in [6.07, 6.45) is 3.33. The van der Waals surface area contributed by atoms with Gasteiger partial charge < -0.3 is 10.1 Å². The van der Waals surface area contributed by atoms with Crippen LogP contribution in [0, 0.1) is 4.77 Å². The van der Waals surface area contributed by atoms with Gasteiger partial charge in [0.2, 0.25) is 5.88 Å². The van der Waals surface area contributed by atoms with Gasteiger partial charge >= 0.3 is 0 Å². The maximum Gasteiger partial charge on any atom is 0.262 e. The number of aromatic hydroxyl groups is 1. The molecule has 0 unspecified atom stereocenters. The summed E-state index contributed by atoms with van der Waals surface area (Å²) in [5, 5.41) is 9.83. The molecule has 2 heterocycles. The molecule has 1 aliphatic heterocycles. The van der Waals surface area contributed by atoms with E-state index in [1.54, 1.807) is 6.08 Å². The number of aromatic amines is 2. The zero-order valence-corrected chi connectivity index (χ0v) is 12.5. The minimum atomic E-state index is -0.424. The Bertz CT molecular complexity index is 750. The van der Waals surface area contributed by atoms with Crippen LogP contribution in [-0.4, -0.2) is 20.8 Å². The lowest BCUT2D eigenvalue weighted by Crippen LogP contribution is -2.11. The number of allylic oxidation sites excluding steroid dienone is 2. The Labute approximate surface area is 121 Å². The Morgan fingerprint density at radius 2 is 1.90 bits per heavy atom. The first-order valence-corrected chi connectivity index (χ1v) is 6.94. The first-order chi connectivity index (χ1) is 9.47. The quantitative estimate of drug-likeness (QED) is 0.749. The summed E-state index contributed by atoms with van der Waals surface area (Å²) >= 11 is 4.80. The maximum atomic E-state index is 11.9. The molecule has 0 amide bonds. The predicted octanol–water partition coefficient (Wildman–Crippen LogP) is 3.07. The van der Waals surface area contributed by atoms with Crippen LogP contribution in [0.15, 0.2) is 26.6 Å². The van der Waals surface area contributed by atoms with E-state index < -0.39 is 5.56 Å². The van der Waals surface area contributed by atoms with Gasteiger partial charge in [0.05, 0.1) is 5.70 Å². The number of nitrogens with one attached hydrogen (secondary N) is 2. The van der Waals surface area contributed by atoms with E-state index in [2.05, 4.69) is 28.8 Å². The smallest absolute Gasteiger partial charge is 0.262 e. The lowest BCUT2D eigenvalue weighted by molar-refractivity contribution is 0.448. The van der Waals surface area contributed by atoms with Gasteiger partial charge in [-0.1, -0.05) is 13.8 Å². The molecule has 1 aliphatic rings. The molecule has 20 heavy (non-hydrogen) atoms. The van der Waals surface area contributed by atoms with Crippen molar-refractivity contribution in [1.82, 2.24) is 9.97 Å². The van der Waals surface area contributed by atoms with Crippen LogP contribution < -0.4 is 5.56 Å². The normalized spacial score (nSPS) is 16.9. The molecule has 6 heteroatoms. The van der Waals surface area contributed by atoms with Crippen LogP contribution in [0.4, 0.5) is 0 Å². The van der Waals surface area contributed by atoms with Gasteiger partial charge in [-0.05, 0) is 49.2 Å². The highest BCUT2D eigenvalue weighted by atomic mass is 32.1. The summed E-state index contributed by atoms with van der Waals surface area (Å²) in [7, 11) is 0. The fraction of sp³-hybridized carbons (Fsp3) is 0.357. The van der Waals surface area contributed by atoms with Gasteiger partial charge in [-0.25, -0.2) is 0 Å². The Morgan fingerprint density at radius 3 is 2.45 bits per heavy atom. The molecular formula is C14H17N3O2S. The Kier molecular flexibility index (Phi) is 4.04. The van der Waals surface area contributed by atoms with Gasteiger partial charge in [-0.15, -0.1) is 0 Å². The second-order valence-electron chi connectivity index (χ2n) is 4.56. The van der Waals surface area contributed by atoms with Crippen molar-refractivity contribution in [2.45, 2.75) is 33.6 Å². The molecule has 0 saturated carbocycles. The first-order valence-electron chi connectivity index (χ1n) is 6.53. The number of hydrogen-bond donors (Lipinski definition) is 3. The summed E-state index contributed by atoms with van der Waals surface area (Å²) in [4.78, 5) is 21.3. The number of aliphatic imine (C=N–C) groups is 1. The number of hydrogen-bond acceptors (Lipinski definition) is 4. The lowest BCUT2D eigenvalue weighted by atomic mass is 10.00. The molecular weight excluding hydrogens is 274 g/mol. The molecule has 2 rings (SSSR count). The molecule has 0 aliphatic carbocycles. The number of aromatic nitrogens is 2. The van der Waals surface area contributed by atoms with Gasteiger partial charge in [0.25, 0.3) is 5.56 Å². The Morgan fingerprint density at radius 1 is 1.25 bits per heavy atom. The highest BCUT2D eigenvalue weighted by molar-refractivity contribution is 7.71. The molecule has 1 aromatic heterocycles. The van der Waals surface area contributed by atoms with E-state index in [0.717, 1.165) is 29.8 Å². The van der Waals surface area contributed by atoms with Crippen molar-refractivity contribution in [3.63, 3.8) is 0 Å². The Balaban J connectivity index is 2.61. The van der Waals surface area contributed by atoms with E-state index in [0.29, 0.717) is 0 Å². The highest BCUT2D eigenvalue weighted by Gasteiger charge is 2.19. The molecule has 0 saturated heterocycles. The zero-order valence-electron chi connectivity index (χ0n) is 11.7. The second-order valence-corrected chi connectivity index (χ2v) is 4.97. The fourth-order valence-corrected chi connectivity index (χ4v) is 2.62. The van der Waals surface area contributed by atoms with Gasteiger partial charge in [-0.2, -0.15) is 0 Å². The van der Waals surface area contributed by atoms with E-state index in [4.69, 9.17) is 12.2 Å². The van der Waals surface area contributed by atoms with Crippen LogP contribution in [0.3, 0.4) is 0 Å². The third-order valence-electron chi connectivity index (χ3n) is 3.35. The summed E-state index contributed by atoms with van der Waals surface area (Å²) < 4.78 is 0.0984. The monoisotopic (exact) mass is 291 g/mol. The summed E-state index contributed by atoms with van der Waals surface area (Å²) in [5.41, 5.74) is 3.74. The van der Waals surface area contributed by atoms with E-state index >= 15 is 0 Å². The molecule has 0 atom stereocenters. The number of H-pyrrole nitrogens is 2.